The fourth-order valence-electron chi connectivity index (χ4n) is 2.91. The van der Waals surface area contributed by atoms with Crippen LogP contribution in [0.3, 0.4) is 0 Å². The molecule has 0 aromatic heterocycles. The van der Waals surface area contributed by atoms with Crippen molar-refractivity contribution in [1.82, 2.24) is 15.5 Å². The lowest BCUT2D eigenvalue weighted by Crippen LogP contribution is -2.55. The number of hydrogen-bond acceptors (Lipinski definition) is 7. The third-order valence-corrected chi connectivity index (χ3v) is 4.74. The van der Waals surface area contributed by atoms with E-state index >= 15 is 0 Å². The highest BCUT2D eigenvalue weighted by Gasteiger charge is 2.37. The van der Waals surface area contributed by atoms with Gasteiger partial charge in [0.2, 0.25) is 17.7 Å². The Balaban J connectivity index is 2.76. The first-order valence-corrected chi connectivity index (χ1v) is 9.61. The van der Waals surface area contributed by atoms with Gasteiger partial charge in [0.15, 0.2) is 0 Å². The Labute approximate surface area is 163 Å². The fourth-order valence-corrected chi connectivity index (χ4v) is 3.07. The summed E-state index contributed by atoms with van der Waals surface area (Å²) in [5.74, 6) is -2.38. The Bertz CT molecular complexity index is 547. The molecule has 1 saturated heterocycles. The number of carboxylic acids is 1. The average molecular weight is 404 g/mol. The molecule has 27 heavy (non-hydrogen) atoms. The molecule has 7 N–H and O–H groups in total. The molecular formula is C16H29N5O5S. The lowest BCUT2D eigenvalue weighted by atomic mass is 10.1. The maximum atomic E-state index is 12.7. The minimum Gasteiger partial charge on any atom is -0.480 e. The molecule has 0 aliphatic carbocycles. The molecule has 1 heterocycles. The second-order valence-corrected chi connectivity index (χ2v) is 6.80. The van der Waals surface area contributed by atoms with Crippen molar-refractivity contribution in [3.05, 3.63) is 0 Å². The van der Waals surface area contributed by atoms with Crippen LogP contribution in [0, 0.1) is 0 Å². The number of hydrogen-bond donors (Lipinski definition) is 6. The van der Waals surface area contributed by atoms with Gasteiger partial charge in [-0.05, 0) is 38.6 Å². The molecule has 1 aliphatic heterocycles. The van der Waals surface area contributed by atoms with Crippen molar-refractivity contribution in [2.75, 3.05) is 25.4 Å². The average Bonchev–Trinajstić information content (AvgIpc) is 3.13. The van der Waals surface area contributed by atoms with Crippen molar-refractivity contribution in [3.63, 3.8) is 0 Å². The van der Waals surface area contributed by atoms with Gasteiger partial charge in [-0.2, -0.15) is 12.6 Å². The molecule has 1 fully saturated rings. The van der Waals surface area contributed by atoms with Crippen LogP contribution in [0.15, 0.2) is 0 Å². The van der Waals surface area contributed by atoms with Crippen molar-refractivity contribution in [3.8, 4) is 0 Å². The minimum absolute atomic E-state index is 0.170. The first kappa shape index (κ1) is 23.2. The summed E-state index contributed by atoms with van der Waals surface area (Å²) in [5, 5.41) is 13.6. The zero-order valence-corrected chi connectivity index (χ0v) is 16.1. The highest BCUT2D eigenvalue weighted by Crippen LogP contribution is 2.19. The number of nitrogens with zero attached hydrogens (tertiary/aromatic N) is 1. The van der Waals surface area contributed by atoms with Crippen molar-refractivity contribution < 1.29 is 24.3 Å². The molecular weight excluding hydrogens is 374 g/mol. The quantitative estimate of drug-likeness (QED) is 0.172. The summed E-state index contributed by atoms with van der Waals surface area (Å²) in [4.78, 5) is 49.3. The number of nitrogens with two attached hydrogens (primary N) is 2. The van der Waals surface area contributed by atoms with Gasteiger partial charge in [0.05, 0.1) is 6.04 Å². The number of rotatable bonds is 11. The van der Waals surface area contributed by atoms with E-state index < -0.39 is 42.5 Å². The van der Waals surface area contributed by atoms with E-state index in [2.05, 4.69) is 23.3 Å². The van der Waals surface area contributed by atoms with Crippen LogP contribution in [-0.2, 0) is 19.2 Å². The highest BCUT2D eigenvalue weighted by molar-refractivity contribution is 7.80. The molecule has 0 bridgehead atoms. The lowest BCUT2D eigenvalue weighted by Gasteiger charge is -2.28. The number of likely N-dealkylation sites (tertiary alicyclic amines) is 1. The number of aliphatic carboxylic acids is 1. The van der Waals surface area contributed by atoms with Crippen molar-refractivity contribution in [2.24, 2.45) is 11.5 Å². The molecule has 1 aliphatic rings. The predicted octanol–water partition coefficient (Wildman–Crippen LogP) is -1.95. The van der Waals surface area contributed by atoms with Crippen LogP contribution in [0.25, 0.3) is 0 Å². The number of carbonyl (C=O) groups is 4. The van der Waals surface area contributed by atoms with Gasteiger partial charge in [0, 0.05) is 12.3 Å². The molecule has 0 radical (unpaired) electrons. The van der Waals surface area contributed by atoms with Crippen molar-refractivity contribution in [1.29, 1.82) is 0 Å². The zero-order valence-electron chi connectivity index (χ0n) is 15.2. The van der Waals surface area contributed by atoms with Gasteiger partial charge < -0.3 is 32.1 Å². The van der Waals surface area contributed by atoms with Gasteiger partial charge in [0.25, 0.3) is 0 Å². The molecule has 3 unspecified atom stereocenters. The van der Waals surface area contributed by atoms with E-state index in [-0.39, 0.29) is 11.7 Å². The molecule has 3 atom stereocenters. The minimum atomic E-state index is -1.18. The summed E-state index contributed by atoms with van der Waals surface area (Å²) in [6, 6.07) is -2.38. The van der Waals surface area contributed by atoms with Gasteiger partial charge >= 0.3 is 5.97 Å². The lowest BCUT2D eigenvalue weighted by molar-refractivity contribution is -0.140. The Morgan fingerprint density at radius 3 is 2.56 bits per heavy atom. The number of unbranched alkanes of at least 4 members (excludes halogenated alkanes) is 1. The largest absolute Gasteiger partial charge is 0.480 e. The Hall–Kier alpha value is -1.85. The Kier molecular flexibility index (Phi) is 10.1. The topological polar surface area (TPSA) is 168 Å². The molecule has 11 heteroatoms. The summed E-state index contributed by atoms with van der Waals surface area (Å²) in [5.41, 5.74) is 11.2. The van der Waals surface area contributed by atoms with Crippen LogP contribution in [0.2, 0.25) is 0 Å². The van der Waals surface area contributed by atoms with E-state index in [9.17, 15) is 19.2 Å². The Morgan fingerprint density at radius 1 is 1.26 bits per heavy atom. The third kappa shape index (κ3) is 7.35. The number of carbonyl (C=O) groups excluding carboxylic acids is 3. The maximum absolute atomic E-state index is 12.7. The van der Waals surface area contributed by atoms with Gasteiger partial charge in [-0.3, -0.25) is 19.2 Å². The summed E-state index contributed by atoms with van der Waals surface area (Å²) in [6.45, 7) is 0.332. The smallest absolute Gasteiger partial charge is 0.322 e. The van der Waals surface area contributed by atoms with Crippen LogP contribution in [0.5, 0.6) is 0 Å². The van der Waals surface area contributed by atoms with Crippen molar-refractivity contribution >= 4 is 36.3 Å². The van der Waals surface area contributed by atoms with E-state index in [4.69, 9.17) is 16.6 Å². The van der Waals surface area contributed by atoms with Crippen LogP contribution in [0.4, 0.5) is 0 Å². The van der Waals surface area contributed by atoms with E-state index in [0.717, 1.165) is 0 Å². The van der Waals surface area contributed by atoms with E-state index in [1.165, 1.54) is 4.90 Å². The first-order chi connectivity index (χ1) is 12.8. The molecule has 10 nitrogen and oxygen atoms in total. The first-order valence-electron chi connectivity index (χ1n) is 8.98. The van der Waals surface area contributed by atoms with Gasteiger partial charge in [-0.1, -0.05) is 0 Å². The van der Waals surface area contributed by atoms with Gasteiger partial charge in [0.1, 0.15) is 18.6 Å². The molecule has 0 spiro atoms. The zero-order chi connectivity index (χ0) is 20.4. The van der Waals surface area contributed by atoms with E-state index in [0.29, 0.717) is 45.2 Å². The maximum Gasteiger partial charge on any atom is 0.322 e. The molecule has 1 rings (SSSR count). The SMILES string of the molecule is NCCCCC(NC(=O)C1CCCN1C(=O)C(N)CS)C(=O)NCC(=O)O. The second-order valence-electron chi connectivity index (χ2n) is 6.44. The number of carboxylic acid groups (broad SMARTS) is 1. The van der Waals surface area contributed by atoms with Crippen LogP contribution in [0.1, 0.15) is 32.1 Å². The molecule has 0 aromatic carbocycles. The molecule has 3 amide bonds. The number of amides is 3. The van der Waals surface area contributed by atoms with Crippen LogP contribution < -0.4 is 22.1 Å². The standard InChI is InChI=1S/C16H29N5O5S/c17-6-2-1-4-11(14(24)19-8-13(22)23)20-15(25)12-5-3-7-21(12)16(26)10(18)9-27/h10-12,27H,1-9,17-18H2,(H,19,24)(H,20,25)(H,22,23). The number of thiol groups is 1. The second kappa shape index (κ2) is 11.8. The third-order valence-electron chi connectivity index (χ3n) is 4.35. The van der Waals surface area contributed by atoms with Crippen LogP contribution in [-0.4, -0.2) is 77.2 Å². The highest BCUT2D eigenvalue weighted by atomic mass is 32.1. The van der Waals surface area contributed by atoms with Gasteiger partial charge in [-0.15, -0.1) is 0 Å². The summed E-state index contributed by atoms with van der Waals surface area (Å²) >= 11 is 4.01. The van der Waals surface area contributed by atoms with E-state index in [1.54, 1.807) is 0 Å². The molecule has 0 saturated carbocycles. The monoisotopic (exact) mass is 403 g/mol. The number of nitrogens with one attached hydrogen (secondary N) is 2. The molecule has 154 valence electrons. The summed E-state index contributed by atoms with van der Waals surface area (Å²) in [6.07, 6.45) is 2.73. The normalized spacial score (nSPS) is 18.6. The predicted molar refractivity (Wildman–Crippen MR) is 102 cm³/mol. The van der Waals surface area contributed by atoms with E-state index in [1.807, 2.05) is 0 Å². The van der Waals surface area contributed by atoms with Gasteiger partial charge in [-0.25, -0.2) is 0 Å². The summed E-state index contributed by atoms with van der Waals surface area (Å²) < 4.78 is 0. The Morgan fingerprint density at radius 2 is 1.96 bits per heavy atom. The molecule has 0 aromatic rings. The van der Waals surface area contributed by atoms with Crippen molar-refractivity contribution in [2.45, 2.75) is 50.2 Å². The fraction of sp³-hybridized carbons (Fsp3) is 0.750. The summed E-state index contributed by atoms with van der Waals surface area (Å²) in [7, 11) is 0. The van der Waals surface area contributed by atoms with Crippen LogP contribution >= 0.6 is 12.6 Å².